The van der Waals surface area contributed by atoms with Crippen LogP contribution in [0.2, 0.25) is 0 Å². The van der Waals surface area contributed by atoms with Crippen molar-refractivity contribution in [2.45, 2.75) is 39.0 Å². The molecular weight excluding hydrogens is 296 g/mol. The number of rotatable bonds is 6. The molecule has 2 aromatic rings. The van der Waals surface area contributed by atoms with Crippen molar-refractivity contribution < 1.29 is 9.90 Å². The first-order chi connectivity index (χ1) is 10.6. The van der Waals surface area contributed by atoms with Crippen LogP contribution in [0.4, 0.5) is 4.79 Å². The van der Waals surface area contributed by atoms with E-state index < -0.39 is 6.10 Å². The minimum atomic E-state index is -0.573. The summed E-state index contributed by atoms with van der Waals surface area (Å²) in [4.78, 5) is 13.0. The molecule has 118 valence electrons. The van der Waals surface area contributed by atoms with Gasteiger partial charge in [0.1, 0.15) is 0 Å². The average Bonchev–Trinajstić information content (AvgIpc) is 2.91. The smallest absolute Gasteiger partial charge is 0.315 e. The van der Waals surface area contributed by atoms with Gasteiger partial charge >= 0.3 is 6.03 Å². The molecule has 0 aliphatic heterocycles. The van der Waals surface area contributed by atoms with Crippen LogP contribution in [0.3, 0.4) is 0 Å². The number of aliphatic hydroxyl groups is 1. The number of urea groups is 1. The summed E-state index contributed by atoms with van der Waals surface area (Å²) in [6, 6.07) is 11.2. The van der Waals surface area contributed by atoms with Crippen LogP contribution in [-0.4, -0.2) is 17.2 Å². The lowest BCUT2D eigenvalue weighted by atomic mass is 10.0. The maximum absolute atomic E-state index is 11.9. The van der Waals surface area contributed by atoms with Gasteiger partial charge in [0.05, 0.1) is 12.6 Å². The zero-order valence-electron chi connectivity index (χ0n) is 12.9. The topological polar surface area (TPSA) is 61.4 Å². The molecule has 2 unspecified atom stereocenters. The van der Waals surface area contributed by atoms with Crippen LogP contribution < -0.4 is 10.6 Å². The molecule has 0 aliphatic rings. The van der Waals surface area contributed by atoms with Gasteiger partial charge in [0.2, 0.25) is 0 Å². The van der Waals surface area contributed by atoms with Crippen LogP contribution in [0.25, 0.3) is 0 Å². The first kappa shape index (κ1) is 16.5. The second-order valence-electron chi connectivity index (χ2n) is 5.42. The third-order valence-corrected chi connectivity index (χ3v) is 4.54. The molecule has 0 aliphatic carbocycles. The fourth-order valence-electron chi connectivity index (χ4n) is 2.23. The highest BCUT2D eigenvalue weighted by Gasteiger charge is 2.14. The summed E-state index contributed by atoms with van der Waals surface area (Å²) in [6.45, 7) is 4.45. The van der Waals surface area contributed by atoms with Crippen molar-refractivity contribution >= 4 is 17.4 Å². The number of carbonyl (C=O) groups is 1. The SMILES string of the molecule is Cc1ccsc1CNC(=O)NC(C)CC(O)c1ccccc1. The average molecular weight is 318 g/mol. The zero-order chi connectivity index (χ0) is 15.9. The molecule has 0 bridgehead atoms. The van der Waals surface area contributed by atoms with E-state index >= 15 is 0 Å². The molecule has 0 radical (unpaired) electrons. The van der Waals surface area contributed by atoms with Gasteiger partial charge in [0.15, 0.2) is 0 Å². The summed E-state index contributed by atoms with van der Waals surface area (Å²) in [5.41, 5.74) is 2.06. The van der Waals surface area contributed by atoms with E-state index in [1.54, 1.807) is 11.3 Å². The lowest BCUT2D eigenvalue weighted by Gasteiger charge is -2.18. The minimum absolute atomic E-state index is 0.111. The van der Waals surface area contributed by atoms with Crippen LogP contribution in [0.15, 0.2) is 41.8 Å². The van der Waals surface area contributed by atoms with Crippen molar-refractivity contribution in [2.75, 3.05) is 0 Å². The number of amides is 2. The first-order valence-electron chi connectivity index (χ1n) is 7.36. The number of carbonyl (C=O) groups excluding carboxylic acids is 1. The van der Waals surface area contributed by atoms with E-state index in [2.05, 4.69) is 10.6 Å². The molecule has 22 heavy (non-hydrogen) atoms. The number of hydrogen-bond donors (Lipinski definition) is 3. The van der Waals surface area contributed by atoms with Gasteiger partial charge in [-0.15, -0.1) is 11.3 Å². The Labute approximate surface area is 135 Å². The van der Waals surface area contributed by atoms with Gasteiger partial charge < -0.3 is 15.7 Å². The van der Waals surface area contributed by atoms with Gasteiger partial charge in [-0.1, -0.05) is 30.3 Å². The summed E-state index contributed by atoms with van der Waals surface area (Å²) >= 11 is 1.64. The van der Waals surface area contributed by atoms with Crippen molar-refractivity contribution in [1.29, 1.82) is 0 Å². The summed E-state index contributed by atoms with van der Waals surface area (Å²) in [5, 5.41) is 17.9. The number of aryl methyl sites for hydroxylation is 1. The van der Waals surface area contributed by atoms with E-state index in [9.17, 15) is 9.90 Å². The predicted molar refractivity (Wildman–Crippen MR) is 89.9 cm³/mol. The summed E-state index contributed by atoms with van der Waals surface area (Å²) in [5.74, 6) is 0. The van der Waals surface area contributed by atoms with Crippen LogP contribution in [0.1, 0.15) is 35.5 Å². The Morgan fingerprint density at radius 3 is 2.64 bits per heavy atom. The Hall–Kier alpha value is -1.85. The molecule has 3 N–H and O–H groups in total. The van der Waals surface area contributed by atoms with E-state index in [1.807, 2.05) is 55.6 Å². The second-order valence-corrected chi connectivity index (χ2v) is 6.42. The number of thiophene rings is 1. The number of aliphatic hydroxyl groups excluding tert-OH is 1. The molecule has 1 heterocycles. The van der Waals surface area contributed by atoms with Crippen LogP contribution in [0.5, 0.6) is 0 Å². The van der Waals surface area contributed by atoms with E-state index in [-0.39, 0.29) is 12.1 Å². The fourth-order valence-corrected chi connectivity index (χ4v) is 3.07. The second kappa shape index (κ2) is 7.96. The minimum Gasteiger partial charge on any atom is -0.388 e. The lowest BCUT2D eigenvalue weighted by Crippen LogP contribution is -2.41. The summed E-state index contributed by atoms with van der Waals surface area (Å²) in [6.07, 6.45) is -0.0915. The maximum Gasteiger partial charge on any atom is 0.315 e. The lowest BCUT2D eigenvalue weighted by molar-refractivity contribution is 0.154. The Balaban J connectivity index is 1.75. The van der Waals surface area contributed by atoms with Crippen LogP contribution >= 0.6 is 11.3 Å². The first-order valence-corrected chi connectivity index (χ1v) is 8.24. The molecule has 5 heteroatoms. The maximum atomic E-state index is 11.9. The zero-order valence-corrected chi connectivity index (χ0v) is 13.7. The molecule has 1 aromatic heterocycles. The predicted octanol–water partition coefficient (Wildman–Crippen LogP) is 3.37. The summed E-state index contributed by atoms with van der Waals surface area (Å²) < 4.78 is 0. The Morgan fingerprint density at radius 1 is 1.27 bits per heavy atom. The standard InChI is InChI=1S/C17H22N2O2S/c1-12-8-9-22-16(12)11-18-17(21)19-13(2)10-15(20)14-6-4-3-5-7-14/h3-9,13,15,20H,10-11H2,1-2H3,(H2,18,19,21). The van der Waals surface area contributed by atoms with Crippen LogP contribution in [-0.2, 0) is 6.54 Å². The quantitative estimate of drug-likeness (QED) is 0.765. The summed E-state index contributed by atoms with van der Waals surface area (Å²) in [7, 11) is 0. The molecule has 2 rings (SSSR count). The number of nitrogens with one attached hydrogen (secondary N) is 2. The van der Waals surface area contributed by atoms with Gasteiger partial charge in [0, 0.05) is 10.9 Å². The van der Waals surface area contributed by atoms with E-state index in [0.717, 1.165) is 10.4 Å². The van der Waals surface area contributed by atoms with Gasteiger partial charge in [-0.25, -0.2) is 4.79 Å². The highest BCUT2D eigenvalue weighted by atomic mass is 32.1. The fraction of sp³-hybridized carbons (Fsp3) is 0.353. The number of hydrogen-bond acceptors (Lipinski definition) is 3. The number of benzene rings is 1. The van der Waals surface area contributed by atoms with Crippen molar-refractivity contribution in [3.05, 3.63) is 57.8 Å². The molecular formula is C17H22N2O2S. The van der Waals surface area contributed by atoms with E-state index in [1.165, 1.54) is 5.56 Å². The third-order valence-electron chi connectivity index (χ3n) is 3.52. The van der Waals surface area contributed by atoms with Gasteiger partial charge in [-0.05, 0) is 42.8 Å². The molecule has 0 saturated heterocycles. The Morgan fingerprint density at radius 2 is 2.00 bits per heavy atom. The largest absolute Gasteiger partial charge is 0.388 e. The van der Waals surface area contributed by atoms with Crippen molar-refractivity contribution in [3.8, 4) is 0 Å². The highest BCUT2D eigenvalue weighted by molar-refractivity contribution is 7.10. The van der Waals surface area contributed by atoms with E-state index in [0.29, 0.717) is 13.0 Å². The Kier molecular flexibility index (Phi) is 5.98. The van der Waals surface area contributed by atoms with E-state index in [4.69, 9.17) is 0 Å². The molecule has 0 fully saturated rings. The molecule has 1 aromatic carbocycles. The molecule has 2 amide bonds. The molecule has 0 saturated carbocycles. The van der Waals surface area contributed by atoms with Gasteiger partial charge in [0.25, 0.3) is 0 Å². The van der Waals surface area contributed by atoms with Crippen molar-refractivity contribution in [1.82, 2.24) is 10.6 Å². The normalized spacial score (nSPS) is 13.4. The Bertz CT molecular complexity index is 598. The molecule has 4 nitrogen and oxygen atoms in total. The monoisotopic (exact) mass is 318 g/mol. The van der Waals surface area contributed by atoms with Crippen molar-refractivity contribution in [2.24, 2.45) is 0 Å². The molecule has 2 atom stereocenters. The van der Waals surface area contributed by atoms with Gasteiger partial charge in [-0.3, -0.25) is 0 Å². The van der Waals surface area contributed by atoms with Crippen LogP contribution in [0, 0.1) is 6.92 Å². The van der Waals surface area contributed by atoms with Gasteiger partial charge in [-0.2, -0.15) is 0 Å². The van der Waals surface area contributed by atoms with Crippen molar-refractivity contribution in [3.63, 3.8) is 0 Å². The highest BCUT2D eigenvalue weighted by Crippen LogP contribution is 2.18. The molecule has 0 spiro atoms. The third kappa shape index (κ3) is 4.86.